The van der Waals surface area contributed by atoms with E-state index in [0.29, 0.717) is 9.13 Å². The molecule has 0 spiro atoms. The van der Waals surface area contributed by atoms with Crippen molar-refractivity contribution in [1.29, 1.82) is 0 Å². The molecule has 2 rings (SSSR count). The van der Waals surface area contributed by atoms with Crippen LogP contribution in [0.3, 0.4) is 0 Å². The largest absolute Gasteiger partial charge is 0.465 e. The van der Waals surface area contributed by atoms with Crippen molar-refractivity contribution in [2.24, 2.45) is 7.05 Å². The van der Waals surface area contributed by atoms with Gasteiger partial charge in [0.05, 0.1) is 23.4 Å². The van der Waals surface area contributed by atoms with Gasteiger partial charge in [-0.05, 0) is 19.1 Å². The quantitative estimate of drug-likeness (QED) is 0.736. The molecule has 0 aliphatic heterocycles. The van der Waals surface area contributed by atoms with Gasteiger partial charge in [-0.3, -0.25) is 0 Å². The smallest absolute Gasteiger partial charge is 0.341 e. The van der Waals surface area contributed by atoms with Gasteiger partial charge in [-0.2, -0.15) is 0 Å². The van der Waals surface area contributed by atoms with Crippen molar-refractivity contribution in [1.82, 2.24) is 13.7 Å². The molecule has 128 valence electrons. The molecule has 10 heteroatoms. The van der Waals surface area contributed by atoms with E-state index in [-0.39, 0.29) is 17.1 Å². The number of carbonyl (C=O) groups is 1. The van der Waals surface area contributed by atoms with Crippen molar-refractivity contribution < 1.29 is 13.9 Å². The zero-order valence-corrected chi connectivity index (χ0v) is 13.8. The van der Waals surface area contributed by atoms with E-state index >= 15 is 0 Å². The van der Waals surface area contributed by atoms with Gasteiger partial charge < -0.3 is 4.74 Å². The number of nitrogens with zero attached hydrogens (tertiary/aromatic N) is 3. The van der Waals surface area contributed by atoms with Crippen molar-refractivity contribution in [2.75, 3.05) is 7.11 Å². The number of hydrogen-bond acceptors (Lipinski definition) is 5. The zero-order valence-electron chi connectivity index (χ0n) is 13.0. The molecule has 0 amide bonds. The topological polar surface area (TPSA) is 92.3 Å². The highest BCUT2D eigenvalue weighted by atomic mass is 35.5. The molecule has 0 unspecified atom stereocenters. The molecule has 24 heavy (non-hydrogen) atoms. The molecule has 0 saturated heterocycles. The SMILES string of the molecule is CCn1c(=O)n(C)c(=O)n(-c2cc(C(=O)OC)c(Cl)cc2F)c1=O. The molecule has 0 N–H and O–H groups in total. The molecule has 0 fully saturated rings. The number of esters is 1. The summed E-state index contributed by atoms with van der Waals surface area (Å²) in [6.45, 7) is 1.50. The van der Waals surface area contributed by atoms with E-state index in [1.165, 1.54) is 6.92 Å². The third kappa shape index (κ3) is 2.67. The first-order valence-electron chi connectivity index (χ1n) is 6.75. The average molecular weight is 358 g/mol. The lowest BCUT2D eigenvalue weighted by atomic mass is 10.2. The van der Waals surface area contributed by atoms with E-state index in [1.807, 2.05) is 0 Å². The summed E-state index contributed by atoms with van der Waals surface area (Å²) in [7, 11) is 2.26. The third-order valence-corrected chi connectivity index (χ3v) is 3.73. The third-order valence-electron chi connectivity index (χ3n) is 3.42. The van der Waals surface area contributed by atoms with Gasteiger partial charge in [-0.25, -0.2) is 37.3 Å². The lowest BCUT2D eigenvalue weighted by Gasteiger charge is -2.12. The molecule has 0 aliphatic rings. The van der Waals surface area contributed by atoms with Crippen molar-refractivity contribution in [2.45, 2.75) is 13.5 Å². The minimum absolute atomic E-state index is 0.0230. The monoisotopic (exact) mass is 357 g/mol. The maximum Gasteiger partial charge on any atom is 0.341 e. The molecule has 1 heterocycles. The molecule has 0 radical (unpaired) electrons. The Bertz CT molecular complexity index is 1010. The Kier molecular flexibility index (Phi) is 4.74. The molecular formula is C14H13ClFN3O5. The van der Waals surface area contributed by atoms with Crippen LogP contribution in [0.1, 0.15) is 17.3 Å². The minimum Gasteiger partial charge on any atom is -0.465 e. The molecular weight excluding hydrogens is 345 g/mol. The summed E-state index contributed by atoms with van der Waals surface area (Å²) in [5.74, 6) is -1.87. The second-order valence-corrected chi connectivity index (χ2v) is 5.17. The molecule has 0 saturated carbocycles. The van der Waals surface area contributed by atoms with Crippen LogP contribution in [0.15, 0.2) is 26.5 Å². The summed E-state index contributed by atoms with van der Waals surface area (Å²) in [6, 6.07) is 1.72. The highest BCUT2D eigenvalue weighted by Crippen LogP contribution is 2.22. The van der Waals surface area contributed by atoms with Gasteiger partial charge in [0.1, 0.15) is 5.82 Å². The Balaban J connectivity index is 2.95. The first-order valence-corrected chi connectivity index (χ1v) is 7.13. The van der Waals surface area contributed by atoms with Gasteiger partial charge in [0, 0.05) is 13.6 Å². The molecule has 1 aromatic heterocycles. The second kappa shape index (κ2) is 6.44. The molecule has 0 atom stereocenters. The van der Waals surface area contributed by atoms with Crippen LogP contribution in [0.25, 0.3) is 5.69 Å². The lowest BCUT2D eigenvalue weighted by molar-refractivity contribution is 0.0601. The summed E-state index contributed by atoms with van der Waals surface area (Å²) >= 11 is 5.79. The molecule has 1 aromatic carbocycles. The Hall–Kier alpha value is -2.68. The Morgan fingerprint density at radius 1 is 1.21 bits per heavy atom. The number of methoxy groups -OCH3 is 1. The van der Waals surface area contributed by atoms with Crippen LogP contribution < -0.4 is 17.1 Å². The fourth-order valence-electron chi connectivity index (χ4n) is 2.15. The van der Waals surface area contributed by atoms with Crippen molar-refractivity contribution in [3.63, 3.8) is 0 Å². The first kappa shape index (κ1) is 17.7. The van der Waals surface area contributed by atoms with Crippen molar-refractivity contribution in [3.8, 4) is 5.69 Å². The number of carbonyl (C=O) groups excluding carboxylic acids is 1. The highest BCUT2D eigenvalue weighted by molar-refractivity contribution is 6.33. The minimum atomic E-state index is -1.05. The van der Waals surface area contributed by atoms with E-state index in [1.54, 1.807) is 0 Å². The summed E-state index contributed by atoms with van der Waals surface area (Å²) in [5, 5.41) is -0.239. The number of halogens is 2. The normalized spacial score (nSPS) is 10.7. The Morgan fingerprint density at radius 3 is 2.38 bits per heavy atom. The predicted molar refractivity (Wildman–Crippen MR) is 83.5 cm³/mol. The van der Waals surface area contributed by atoms with Crippen LogP contribution >= 0.6 is 11.6 Å². The molecule has 8 nitrogen and oxygen atoms in total. The molecule has 2 aromatic rings. The second-order valence-electron chi connectivity index (χ2n) is 4.76. The van der Waals surface area contributed by atoms with Gasteiger partial charge in [-0.1, -0.05) is 11.6 Å². The Labute approximate surface area is 139 Å². The van der Waals surface area contributed by atoms with Crippen molar-refractivity contribution >= 4 is 17.6 Å². The van der Waals surface area contributed by atoms with Crippen LogP contribution in [-0.2, 0) is 18.3 Å². The number of aromatic nitrogens is 3. The summed E-state index contributed by atoms with van der Waals surface area (Å²) < 4.78 is 20.7. The van der Waals surface area contributed by atoms with Crippen LogP contribution in [0.4, 0.5) is 4.39 Å². The van der Waals surface area contributed by atoms with Gasteiger partial charge in [0.2, 0.25) is 0 Å². The van der Waals surface area contributed by atoms with Gasteiger partial charge >= 0.3 is 23.0 Å². The van der Waals surface area contributed by atoms with Gasteiger partial charge in [0.25, 0.3) is 0 Å². The highest BCUT2D eigenvalue weighted by Gasteiger charge is 2.21. The number of hydrogen-bond donors (Lipinski definition) is 0. The zero-order chi connectivity index (χ0) is 18.2. The maximum atomic E-state index is 14.3. The van der Waals surface area contributed by atoms with Crippen LogP contribution in [0.2, 0.25) is 5.02 Å². The number of rotatable bonds is 3. The van der Waals surface area contributed by atoms with E-state index in [9.17, 15) is 23.6 Å². The van der Waals surface area contributed by atoms with Gasteiger partial charge in [0.15, 0.2) is 0 Å². The summed E-state index contributed by atoms with van der Waals surface area (Å²) in [4.78, 5) is 48.2. The van der Waals surface area contributed by atoms with Crippen LogP contribution in [-0.4, -0.2) is 26.8 Å². The lowest BCUT2D eigenvalue weighted by Crippen LogP contribution is -2.53. The van der Waals surface area contributed by atoms with E-state index in [4.69, 9.17) is 11.6 Å². The van der Waals surface area contributed by atoms with Crippen molar-refractivity contribution in [3.05, 3.63) is 60.0 Å². The summed E-state index contributed by atoms with van der Waals surface area (Å²) in [5.41, 5.74) is -3.63. The maximum absolute atomic E-state index is 14.3. The Morgan fingerprint density at radius 2 is 1.83 bits per heavy atom. The van der Waals surface area contributed by atoms with E-state index in [2.05, 4.69) is 4.74 Å². The standard InChI is InChI=1S/C14H13ClFN3O5/c1-4-18-12(21)17(2)13(22)19(14(18)23)10-5-7(11(20)24-3)8(15)6-9(10)16/h5-6H,4H2,1-3H3. The van der Waals surface area contributed by atoms with Gasteiger partial charge in [-0.15, -0.1) is 0 Å². The number of benzene rings is 1. The first-order chi connectivity index (χ1) is 11.2. The number of ether oxygens (including phenoxy) is 1. The van der Waals surface area contributed by atoms with E-state index < -0.39 is 34.5 Å². The average Bonchev–Trinajstić information content (AvgIpc) is 2.54. The van der Waals surface area contributed by atoms with Crippen LogP contribution in [0.5, 0.6) is 0 Å². The fraction of sp³-hybridized carbons (Fsp3) is 0.286. The predicted octanol–water partition coefficient (Wildman–Crippen LogP) is 0.297. The van der Waals surface area contributed by atoms with E-state index in [0.717, 1.165) is 30.9 Å². The van der Waals surface area contributed by atoms with Crippen LogP contribution in [0, 0.1) is 5.82 Å². The fourth-order valence-corrected chi connectivity index (χ4v) is 2.38. The summed E-state index contributed by atoms with van der Waals surface area (Å²) in [6.07, 6.45) is 0. The molecule has 0 aliphatic carbocycles. The molecule has 0 bridgehead atoms.